The summed E-state index contributed by atoms with van der Waals surface area (Å²) < 4.78 is 14.1. The van der Waals surface area contributed by atoms with Crippen LogP contribution >= 0.6 is 15.9 Å². The van der Waals surface area contributed by atoms with E-state index in [1.807, 2.05) is 4.90 Å². The van der Waals surface area contributed by atoms with Crippen molar-refractivity contribution in [2.24, 2.45) is 0 Å². The molecular formula is C15H19BrFNO. The number of nitrogens with zero attached hydrogens (tertiary/aromatic N) is 1. The van der Waals surface area contributed by atoms with Gasteiger partial charge in [0.25, 0.3) is 5.91 Å². The fourth-order valence-corrected chi connectivity index (χ4v) is 2.60. The topological polar surface area (TPSA) is 20.3 Å². The van der Waals surface area contributed by atoms with E-state index >= 15 is 0 Å². The number of carbonyl (C=O) groups is 1. The van der Waals surface area contributed by atoms with Crippen LogP contribution in [0.25, 0.3) is 0 Å². The van der Waals surface area contributed by atoms with E-state index in [1.165, 1.54) is 6.42 Å². The van der Waals surface area contributed by atoms with E-state index in [0.717, 1.165) is 24.6 Å². The van der Waals surface area contributed by atoms with Crippen LogP contribution in [0.3, 0.4) is 0 Å². The molecule has 1 amide bonds. The van der Waals surface area contributed by atoms with Gasteiger partial charge in [-0.25, -0.2) is 4.39 Å². The van der Waals surface area contributed by atoms with E-state index in [4.69, 9.17) is 0 Å². The van der Waals surface area contributed by atoms with Crippen molar-refractivity contribution in [1.29, 1.82) is 0 Å². The zero-order chi connectivity index (χ0) is 13.8. The maximum absolute atomic E-state index is 14.1. The van der Waals surface area contributed by atoms with Crippen LogP contribution in [-0.2, 0) is 0 Å². The van der Waals surface area contributed by atoms with E-state index in [9.17, 15) is 9.18 Å². The van der Waals surface area contributed by atoms with Crippen LogP contribution in [-0.4, -0.2) is 28.7 Å². The molecule has 19 heavy (non-hydrogen) atoms. The van der Waals surface area contributed by atoms with Crippen molar-refractivity contribution in [2.75, 3.05) is 11.9 Å². The number of aryl methyl sites for hydroxylation is 1. The highest BCUT2D eigenvalue weighted by atomic mass is 79.9. The molecule has 1 saturated carbocycles. The van der Waals surface area contributed by atoms with Gasteiger partial charge in [-0.05, 0) is 44.2 Å². The Morgan fingerprint density at radius 2 is 2.21 bits per heavy atom. The van der Waals surface area contributed by atoms with Crippen molar-refractivity contribution in [3.63, 3.8) is 0 Å². The minimum Gasteiger partial charge on any atom is -0.336 e. The van der Waals surface area contributed by atoms with Gasteiger partial charge in [-0.1, -0.05) is 28.1 Å². The van der Waals surface area contributed by atoms with E-state index in [-0.39, 0.29) is 17.3 Å². The van der Waals surface area contributed by atoms with Crippen LogP contribution in [0.1, 0.15) is 41.6 Å². The lowest BCUT2D eigenvalue weighted by molar-refractivity contribution is 0.0576. The Balaban J connectivity index is 2.20. The van der Waals surface area contributed by atoms with Gasteiger partial charge >= 0.3 is 0 Å². The Kier molecular flexibility index (Phi) is 4.97. The summed E-state index contributed by atoms with van der Waals surface area (Å²) in [4.78, 5) is 14.4. The Labute approximate surface area is 122 Å². The molecule has 0 bridgehead atoms. The van der Waals surface area contributed by atoms with Gasteiger partial charge in [0.05, 0.1) is 5.56 Å². The zero-order valence-corrected chi connectivity index (χ0v) is 12.7. The third kappa shape index (κ3) is 3.16. The molecule has 0 saturated heterocycles. The Bertz CT molecular complexity index is 459. The number of halogens is 2. The first-order valence-electron chi connectivity index (χ1n) is 6.77. The molecule has 0 unspecified atom stereocenters. The summed E-state index contributed by atoms with van der Waals surface area (Å²) in [5.41, 5.74) is 0.737. The number of amides is 1. The second-order valence-electron chi connectivity index (χ2n) is 5.06. The molecule has 1 aliphatic rings. The molecule has 1 fully saturated rings. The molecule has 2 rings (SSSR count). The molecule has 1 aromatic carbocycles. The maximum Gasteiger partial charge on any atom is 0.257 e. The van der Waals surface area contributed by atoms with Gasteiger partial charge in [-0.3, -0.25) is 4.79 Å². The highest BCUT2D eigenvalue weighted by molar-refractivity contribution is 9.09. The van der Waals surface area contributed by atoms with Crippen molar-refractivity contribution >= 4 is 21.8 Å². The molecule has 0 aromatic heterocycles. The zero-order valence-electron chi connectivity index (χ0n) is 11.2. The smallest absolute Gasteiger partial charge is 0.257 e. The molecule has 0 atom stereocenters. The van der Waals surface area contributed by atoms with Gasteiger partial charge in [0.1, 0.15) is 5.82 Å². The lowest BCUT2D eigenvalue weighted by atomic mass is 9.90. The van der Waals surface area contributed by atoms with Gasteiger partial charge in [-0.2, -0.15) is 0 Å². The number of carbonyl (C=O) groups excluding carboxylic acids is 1. The molecule has 0 aliphatic heterocycles. The lowest BCUT2D eigenvalue weighted by Gasteiger charge is -2.37. The van der Waals surface area contributed by atoms with E-state index < -0.39 is 0 Å². The molecule has 0 heterocycles. The minimum atomic E-state index is -0.379. The van der Waals surface area contributed by atoms with Crippen molar-refractivity contribution < 1.29 is 9.18 Å². The van der Waals surface area contributed by atoms with Crippen molar-refractivity contribution in [1.82, 2.24) is 4.90 Å². The first-order valence-corrected chi connectivity index (χ1v) is 7.89. The molecule has 2 nitrogen and oxygen atoms in total. The highest BCUT2D eigenvalue weighted by Gasteiger charge is 2.30. The fourth-order valence-electron chi connectivity index (χ4n) is 2.35. The Hall–Kier alpha value is -0.900. The highest BCUT2D eigenvalue weighted by Crippen LogP contribution is 2.27. The Morgan fingerprint density at radius 1 is 1.47 bits per heavy atom. The fraction of sp³-hybridized carbons (Fsp3) is 0.533. The van der Waals surface area contributed by atoms with E-state index in [1.54, 1.807) is 25.1 Å². The summed E-state index contributed by atoms with van der Waals surface area (Å²) in [6.07, 6.45) is 4.15. The monoisotopic (exact) mass is 327 g/mol. The van der Waals surface area contributed by atoms with Gasteiger partial charge in [-0.15, -0.1) is 0 Å². The van der Waals surface area contributed by atoms with Crippen molar-refractivity contribution in [3.05, 3.63) is 35.1 Å². The molecule has 0 N–H and O–H groups in total. The van der Waals surface area contributed by atoms with Crippen LogP contribution < -0.4 is 0 Å². The van der Waals surface area contributed by atoms with Crippen LogP contribution in [0.15, 0.2) is 18.2 Å². The molecule has 0 radical (unpaired) electrons. The molecule has 1 aliphatic carbocycles. The van der Waals surface area contributed by atoms with Crippen LogP contribution in [0.2, 0.25) is 0 Å². The standard InChI is InChI=1S/C15H19BrFNO/c1-11-5-2-8-13(14(11)17)15(19)18(10-4-9-16)12-6-3-7-12/h2,5,8,12H,3-4,6-7,9-10H2,1H3. The number of hydrogen-bond donors (Lipinski definition) is 0. The lowest BCUT2D eigenvalue weighted by Crippen LogP contribution is -2.45. The summed E-state index contributed by atoms with van der Waals surface area (Å²) in [5, 5.41) is 0.861. The second kappa shape index (κ2) is 6.51. The summed E-state index contributed by atoms with van der Waals surface area (Å²) in [7, 11) is 0. The summed E-state index contributed by atoms with van der Waals surface area (Å²) in [6.45, 7) is 2.39. The summed E-state index contributed by atoms with van der Waals surface area (Å²) >= 11 is 3.39. The molecule has 4 heteroatoms. The van der Waals surface area contributed by atoms with Crippen molar-refractivity contribution in [2.45, 2.75) is 38.6 Å². The second-order valence-corrected chi connectivity index (χ2v) is 5.86. The third-order valence-corrected chi connectivity index (χ3v) is 4.29. The number of hydrogen-bond acceptors (Lipinski definition) is 1. The third-order valence-electron chi connectivity index (χ3n) is 3.73. The molecule has 1 aromatic rings. The van der Waals surface area contributed by atoms with Crippen LogP contribution in [0.4, 0.5) is 4.39 Å². The average molecular weight is 328 g/mol. The number of alkyl halides is 1. The van der Waals surface area contributed by atoms with E-state index in [0.29, 0.717) is 18.2 Å². The van der Waals surface area contributed by atoms with Gasteiger partial charge < -0.3 is 4.90 Å². The SMILES string of the molecule is Cc1cccc(C(=O)N(CCCBr)C2CCC2)c1F. The van der Waals surface area contributed by atoms with Gasteiger partial charge in [0.15, 0.2) is 0 Å². The molecule has 104 valence electrons. The van der Waals surface area contributed by atoms with Crippen molar-refractivity contribution in [3.8, 4) is 0 Å². The quantitative estimate of drug-likeness (QED) is 0.751. The minimum absolute atomic E-state index is 0.160. The summed E-state index contributed by atoms with van der Waals surface area (Å²) in [5.74, 6) is -0.539. The van der Waals surface area contributed by atoms with E-state index in [2.05, 4.69) is 15.9 Å². The number of benzene rings is 1. The van der Waals surface area contributed by atoms with Gasteiger partial charge in [0.2, 0.25) is 0 Å². The summed E-state index contributed by atoms with van der Waals surface area (Å²) in [6, 6.07) is 5.32. The maximum atomic E-state index is 14.1. The Morgan fingerprint density at radius 3 is 2.79 bits per heavy atom. The first-order chi connectivity index (χ1) is 9.15. The largest absolute Gasteiger partial charge is 0.336 e. The van der Waals surface area contributed by atoms with Gasteiger partial charge in [0, 0.05) is 17.9 Å². The predicted molar refractivity (Wildman–Crippen MR) is 78.2 cm³/mol. The van der Waals surface area contributed by atoms with Crippen LogP contribution in [0.5, 0.6) is 0 Å². The normalized spacial score (nSPS) is 15.1. The number of rotatable bonds is 5. The average Bonchev–Trinajstić information content (AvgIpc) is 2.34. The molecule has 0 spiro atoms. The molecular weight excluding hydrogens is 309 g/mol. The predicted octanol–water partition coefficient (Wildman–Crippen LogP) is 3.91. The first kappa shape index (κ1) is 14.5. The van der Waals surface area contributed by atoms with Crippen LogP contribution in [0, 0.1) is 12.7 Å².